The minimum absolute atomic E-state index is 0.0212. The Hall–Kier alpha value is -1.96. The number of amides is 1. The molecule has 0 radical (unpaired) electrons. The zero-order valence-electron chi connectivity index (χ0n) is 18.8. The Morgan fingerprint density at radius 3 is 2.69 bits per heavy atom. The van der Waals surface area contributed by atoms with Crippen LogP contribution in [0.4, 0.5) is 0 Å². The topological polar surface area (TPSA) is 74.5 Å². The second kappa shape index (κ2) is 11.8. The number of hydrogen-bond donors (Lipinski definition) is 1. The molecule has 2 fully saturated rings. The van der Waals surface area contributed by atoms with Gasteiger partial charge in [-0.05, 0) is 70.4 Å². The summed E-state index contributed by atoms with van der Waals surface area (Å²) in [6.07, 6.45) is 8.29. The van der Waals surface area contributed by atoms with Crippen molar-refractivity contribution >= 4 is 17.5 Å². The molecule has 2 aromatic rings. The Balaban J connectivity index is 1.21. The van der Waals surface area contributed by atoms with Crippen LogP contribution in [0.25, 0.3) is 11.4 Å². The second-order valence-electron chi connectivity index (χ2n) is 8.97. The standard InChI is InChI=1S/C24H34ClN5O2/c25-21-11-4-3-10-20(21)23-27-22(32-28-23)18-30-15-7-9-19(17-30)24(31)26-12-8-16-29-13-5-1-2-6-14-29/h3-4,10-11,19H,1-2,5-9,12-18H2,(H,26,31). The highest BCUT2D eigenvalue weighted by molar-refractivity contribution is 6.33. The maximum atomic E-state index is 12.7. The Morgan fingerprint density at radius 2 is 1.88 bits per heavy atom. The lowest BCUT2D eigenvalue weighted by atomic mass is 9.97. The first-order chi connectivity index (χ1) is 15.7. The van der Waals surface area contributed by atoms with Crippen LogP contribution in [0, 0.1) is 5.92 Å². The van der Waals surface area contributed by atoms with E-state index in [0.717, 1.165) is 51.0 Å². The van der Waals surface area contributed by atoms with Crippen molar-refractivity contribution in [2.24, 2.45) is 5.92 Å². The van der Waals surface area contributed by atoms with E-state index in [4.69, 9.17) is 16.1 Å². The molecule has 4 rings (SSSR count). The Bertz CT molecular complexity index is 866. The molecule has 32 heavy (non-hydrogen) atoms. The number of piperidine rings is 1. The number of nitrogens with one attached hydrogen (secondary N) is 1. The lowest BCUT2D eigenvalue weighted by Crippen LogP contribution is -2.43. The normalized spacial score (nSPS) is 20.7. The second-order valence-corrected chi connectivity index (χ2v) is 9.37. The van der Waals surface area contributed by atoms with Gasteiger partial charge in [-0.1, -0.05) is 41.7 Å². The van der Waals surface area contributed by atoms with Gasteiger partial charge in [-0.25, -0.2) is 0 Å². The summed E-state index contributed by atoms with van der Waals surface area (Å²) in [6, 6.07) is 7.47. The predicted molar refractivity (Wildman–Crippen MR) is 125 cm³/mol. The van der Waals surface area contributed by atoms with Gasteiger partial charge in [0.25, 0.3) is 0 Å². The molecule has 1 N–H and O–H groups in total. The van der Waals surface area contributed by atoms with Gasteiger partial charge in [0.2, 0.25) is 17.6 Å². The first-order valence-corrected chi connectivity index (χ1v) is 12.4. The van der Waals surface area contributed by atoms with Crippen molar-refractivity contribution in [2.45, 2.75) is 51.5 Å². The fraction of sp³-hybridized carbons (Fsp3) is 0.625. The van der Waals surface area contributed by atoms with Gasteiger partial charge < -0.3 is 14.7 Å². The molecule has 8 heteroatoms. The smallest absolute Gasteiger partial charge is 0.241 e. The summed E-state index contributed by atoms with van der Waals surface area (Å²) in [6.45, 7) is 6.47. The molecular formula is C24H34ClN5O2. The highest BCUT2D eigenvalue weighted by Crippen LogP contribution is 2.25. The number of hydrogen-bond acceptors (Lipinski definition) is 6. The highest BCUT2D eigenvalue weighted by Gasteiger charge is 2.27. The Kier molecular flexibility index (Phi) is 8.54. The number of carbonyl (C=O) groups is 1. The summed E-state index contributed by atoms with van der Waals surface area (Å²) >= 11 is 6.24. The SMILES string of the molecule is O=C(NCCCN1CCCCCC1)C1CCCN(Cc2nc(-c3ccccc3Cl)no2)C1. The molecule has 2 aliphatic rings. The number of halogens is 1. The van der Waals surface area contributed by atoms with E-state index in [1.54, 1.807) is 0 Å². The molecule has 2 saturated heterocycles. The van der Waals surface area contributed by atoms with E-state index >= 15 is 0 Å². The molecule has 0 spiro atoms. The summed E-state index contributed by atoms with van der Waals surface area (Å²) in [5, 5.41) is 7.85. The van der Waals surface area contributed by atoms with E-state index in [-0.39, 0.29) is 11.8 Å². The van der Waals surface area contributed by atoms with Crippen LogP contribution in [0.15, 0.2) is 28.8 Å². The van der Waals surface area contributed by atoms with Gasteiger partial charge in [0.1, 0.15) is 0 Å². The van der Waals surface area contributed by atoms with Crippen LogP contribution >= 0.6 is 11.6 Å². The van der Waals surface area contributed by atoms with E-state index in [1.807, 2.05) is 24.3 Å². The Labute approximate surface area is 195 Å². The monoisotopic (exact) mass is 459 g/mol. The zero-order chi connectivity index (χ0) is 22.2. The number of aromatic nitrogens is 2. The fourth-order valence-electron chi connectivity index (χ4n) is 4.69. The third kappa shape index (κ3) is 6.53. The molecule has 1 unspecified atom stereocenters. The highest BCUT2D eigenvalue weighted by atomic mass is 35.5. The molecule has 1 aromatic carbocycles. The van der Waals surface area contributed by atoms with Crippen LogP contribution in [0.1, 0.15) is 50.8 Å². The molecule has 174 valence electrons. The van der Waals surface area contributed by atoms with Gasteiger partial charge in [-0.15, -0.1) is 0 Å². The van der Waals surface area contributed by atoms with E-state index in [1.165, 1.54) is 38.8 Å². The van der Waals surface area contributed by atoms with Gasteiger partial charge >= 0.3 is 0 Å². The van der Waals surface area contributed by atoms with Gasteiger partial charge in [0.15, 0.2) is 0 Å². The van der Waals surface area contributed by atoms with Crippen LogP contribution in [-0.4, -0.2) is 65.1 Å². The van der Waals surface area contributed by atoms with E-state index < -0.39 is 0 Å². The van der Waals surface area contributed by atoms with Crippen LogP contribution < -0.4 is 5.32 Å². The molecule has 1 aromatic heterocycles. The van der Waals surface area contributed by atoms with Crippen molar-refractivity contribution in [2.75, 3.05) is 39.3 Å². The molecule has 1 amide bonds. The molecule has 7 nitrogen and oxygen atoms in total. The summed E-state index contributed by atoms with van der Waals surface area (Å²) in [4.78, 5) is 22.0. The van der Waals surface area contributed by atoms with Crippen molar-refractivity contribution in [3.63, 3.8) is 0 Å². The number of nitrogens with zero attached hydrogens (tertiary/aromatic N) is 4. The molecular weight excluding hydrogens is 426 g/mol. The lowest BCUT2D eigenvalue weighted by molar-refractivity contribution is -0.126. The molecule has 2 aliphatic heterocycles. The minimum Gasteiger partial charge on any atom is -0.356 e. The summed E-state index contributed by atoms with van der Waals surface area (Å²) < 4.78 is 5.45. The van der Waals surface area contributed by atoms with Crippen molar-refractivity contribution in [1.82, 2.24) is 25.3 Å². The van der Waals surface area contributed by atoms with Crippen LogP contribution in [0.5, 0.6) is 0 Å². The summed E-state index contributed by atoms with van der Waals surface area (Å²) in [5.74, 6) is 1.25. The zero-order valence-corrected chi connectivity index (χ0v) is 19.5. The first kappa shape index (κ1) is 23.2. The van der Waals surface area contributed by atoms with Gasteiger partial charge in [0, 0.05) is 18.7 Å². The van der Waals surface area contributed by atoms with Crippen molar-refractivity contribution in [3.05, 3.63) is 35.2 Å². The van der Waals surface area contributed by atoms with Crippen LogP contribution in [0.3, 0.4) is 0 Å². The first-order valence-electron chi connectivity index (χ1n) is 12.0. The largest absolute Gasteiger partial charge is 0.356 e. The molecule has 0 bridgehead atoms. The summed E-state index contributed by atoms with van der Waals surface area (Å²) in [5.41, 5.74) is 0.764. The number of benzene rings is 1. The van der Waals surface area contributed by atoms with Gasteiger partial charge in [0.05, 0.1) is 17.5 Å². The van der Waals surface area contributed by atoms with E-state index in [2.05, 4.69) is 25.3 Å². The van der Waals surface area contributed by atoms with Crippen LogP contribution in [-0.2, 0) is 11.3 Å². The number of carbonyl (C=O) groups excluding carboxylic acids is 1. The third-order valence-electron chi connectivity index (χ3n) is 6.47. The fourth-order valence-corrected chi connectivity index (χ4v) is 4.91. The maximum Gasteiger partial charge on any atom is 0.241 e. The molecule has 3 heterocycles. The van der Waals surface area contributed by atoms with E-state index in [9.17, 15) is 4.79 Å². The third-order valence-corrected chi connectivity index (χ3v) is 6.80. The molecule has 0 saturated carbocycles. The van der Waals surface area contributed by atoms with Crippen molar-refractivity contribution in [3.8, 4) is 11.4 Å². The Morgan fingerprint density at radius 1 is 1.09 bits per heavy atom. The quantitative estimate of drug-likeness (QED) is 0.602. The van der Waals surface area contributed by atoms with Gasteiger partial charge in [-0.2, -0.15) is 4.98 Å². The number of likely N-dealkylation sites (tertiary alicyclic amines) is 2. The predicted octanol–water partition coefficient (Wildman–Crippen LogP) is 3.98. The number of rotatable bonds is 8. The van der Waals surface area contributed by atoms with E-state index in [0.29, 0.717) is 23.3 Å². The molecule has 0 aliphatic carbocycles. The average Bonchev–Trinajstić information content (AvgIpc) is 3.10. The van der Waals surface area contributed by atoms with Gasteiger partial charge in [-0.3, -0.25) is 9.69 Å². The average molecular weight is 460 g/mol. The van der Waals surface area contributed by atoms with Crippen molar-refractivity contribution in [1.29, 1.82) is 0 Å². The maximum absolute atomic E-state index is 12.7. The van der Waals surface area contributed by atoms with Crippen LogP contribution in [0.2, 0.25) is 5.02 Å². The lowest BCUT2D eigenvalue weighted by Gasteiger charge is -2.31. The molecule has 1 atom stereocenters. The van der Waals surface area contributed by atoms with Crippen molar-refractivity contribution < 1.29 is 9.32 Å². The summed E-state index contributed by atoms with van der Waals surface area (Å²) in [7, 11) is 0. The minimum atomic E-state index is 0.0212.